The Balaban J connectivity index is 1.59. The van der Waals surface area contributed by atoms with Crippen molar-refractivity contribution in [2.24, 2.45) is 5.92 Å². The fourth-order valence-electron chi connectivity index (χ4n) is 3.36. The molecule has 0 saturated heterocycles. The summed E-state index contributed by atoms with van der Waals surface area (Å²) >= 11 is 0. The van der Waals surface area contributed by atoms with Crippen LogP contribution in [0.15, 0.2) is 47.4 Å². The molecule has 2 aliphatic rings. The van der Waals surface area contributed by atoms with E-state index in [1.807, 2.05) is 6.92 Å². The SMILES string of the molecule is CCOc1ccccc1NS(=O)(=O)c1ccc2c(c1)CCN2C(=O)C1CC1. The van der Waals surface area contributed by atoms with E-state index in [9.17, 15) is 13.2 Å². The zero-order valence-electron chi connectivity index (χ0n) is 15.1. The van der Waals surface area contributed by atoms with Gasteiger partial charge in [0.2, 0.25) is 5.91 Å². The first-order valence-electron chi connectivity index (χ1n) is 9.18. The van der Waals surface area contributed by atoms with Gasteiger partial charge in [-0.25, -0.2) is 8.42 Å². The van der Waals surface area contributed by atoms with Gasteiger partial charge in [-0.2, -0.15) is 0 Å². The molecule has 27 heavy (non-hydrogen) atoms. The Morgan fingerprint density at radius 1 is 1.22 bits per heavy atom. The molecule has 2 aromatic rings. The minimum absolute atomic E-state index is 0.149. The molecule has 142 valence electrons. The van der Waals surface area contributed by atoms with E-state index < -0.39 is 10.0 Å². The van der Waals surface area contributed by atoms with Crippen molar-refractivity contribution in [3.63, 3.8) is 0 Å². The van der Waals surface area contributed by atoms with Gasteiger partial charge in [0, 0.05) is 18.2 Å². The number of carbonyl (C=O) groups excluding carboxylic acids is 1. The van der Waals surface area contributed by atoms with Crippen molar-refractivity contribution < 1.29 is 17.9 Å². The van der Waals surface area contributed by atoms with Gasteiger partial charge in [0.05, 0.1) is 17.2 Å². The average molecular weight is 386 g/mol. The summed E-state index contributed by atoms with van der Waals surface area (Å²) in [5.74, 6) is 0.801. The quantitative estimate of drug-likeness (QED) is 0.827. The molecule has 4 rings (SSSR count). The number of amides is 1. The van der Waals surface area contributed by atoms with Gasteiger partial charge in [0.1, 0.15) is 5.75 Å². The Morgan fingerprint density at radius 3 is 2.74 bits per heavy atom. The maximum Gasteiger partial charge on any atom is 0.262 e. The summed E-state index contributed by atoms with van der Waals surface area (Å²) in [5, 5.41) is 0. The molecular weight excluding hydrogens is 364 g/mol. The molecule has 1 amide bonds. The van der Waals surface area contributed by atoms with Crippen LogP contribution >= 0.6 is 0 Å². The molecular formula is C20H22N2O4S. The summed E-state index contributed by atoms with van der Waals surface area (Å²) in [7, 11) is -3.75. The summed E-state index contributed by atoms with van der Waals surface area (Å²) in [6.07, 6.45) is 2.59. The smallest absolute Gasteiger partial charge is 0.262 e. The maximum atomic E-state index is 12.8. The van der Waals surface area contributed by atoms with Crippen molar-refractivity contribution >= 4 is 27.3 Å². The number of anilines is 2. The topological polar surface area (TPSA) is 75.7 Å². The van der Waals surface area contributed by atoms with Gasteiger partial charge in [0.25, 0.3) is 10.0 Å². The van der Waals surface area contributed by atoms with E-state index in [1.54, 1.807) is 47.4 Å². The summed E-state index contributed by atoms with van der Waals surface area (Å²) in [4.78, 5) is 14.4. The molecule has 1 fully saturated rings. The second-order valence-corrected chi connectivity index (χ2v) is 8.52. The highest BCUT2D eigenvalue weighted by atomic mass is 32.2. The van der Waals surface area contributed by atoms with E-state index in [0.29, 0.717) is 31.0 Å². The number of para-hydroxylation sites is 2. The minimum Gasteiger partial charge on any atom is -0.492 e. The number of nitrogens with zero attached hydrogens (tertiary/aromatic N) is 1. The third kappa shape index (κ3) is 3.51. The third-order valence-electron chi connectivity index (χ3n) is 4.88. The van der Waals surface area contributed by atoms with Crippen LogP contribution in [-0.4, -0.2) is 27.5 Å². The van der Waals surface area contributed by atoms with Gasteiger partial charge >= 0.3 is 0 Å². The van der Waals surface area contributed by atoms with Crippen LogP contribution in [0.3, 0.4) is 0 Å². The predicted molar refractivity (Wildman–Crippen MR) is 104 cm³/mol. The Labute approximate surface area is 159 Å². The van der Waals surface area contributed by atoms with Gasteiger partial charge in [-0.15, -0.1) is 0 Å². The van der Waals surface area contributed by atoms with E-state index in [0.717, 1.165) is 24.1 Å². The van der Waals surface area contributed by atoms with Crippen molar-refractivity contribution in [1.29, 1.82) is 0 Å². The first-order valence-corrected chi connectivity index (χ1v) is 10.7. The Hall–Kier alpha value is -2.54. The van der Waals surface area contributed by atoms with Crippen LogP contribution in [-0.2, 0) is 21.2 Å². The van der Waals surface area contributed by atoms with Crippen LogP contribution in [0, 0.1) is 5.92 Å². The average Bonchev–Trinajstić information content (AvgIpc) is 3.42. The molecule has 0 spiro atoms. The molecule has 1 saturated carbocycles. The van der Waals surface area contributed by atoms with Gasteiger partial charge in [-0.05, 0) is 62.1 Å². The highest BCUT2D eigenvalue weighted by molar-refractivity contribution is 7.92. The molecule has 1 aliphatic heterocycles. The molecule has 7 heteroatoms. The van der Waals surface area contributed by atoms with Crippen LogP contribution < -0.4 is 14.4 Å². The Morgan fingerprint density at radius 2 is 2.00 bits per heavy atom. The molecule has 0 radical (unpaired) electrons. The van der Waals surface area contributed by atoms with Crippen molar-refractivity contribution in [3.05, 3.63) is 48.0 Å². The Kier molecular flexibility index (Phi) is 4.55. The molecule has 0 aromatic heterocycles. The van der Waals surface area contributed by atoms with Crippen molar-refractivity contribution in [2.75, 3.05) is 22.8 Å². The minimum atomic E-state index is -3.75. The largest absolute Gasteiger partial charge is 0.492 e. The zero-order valence-corrected chi connectivity index (χ0v) is 16.0. The van der Waals surface area contributed by atoms with Gasteiger partial charge < -0.3 is 9.64 Å². The second kappa shape index (κ2) is 6.88. The lowest BCUT2D eigenvalue weighted by Crippen LogP contribution is -2.30. The molecule has 1 N–H and O–H groups in total. The highest BCUT2D eigenvalue weighted by Gasteiger charge is 2.36. The normalized spacial score (nSPS) is 16.1. The highest BCUT2D eigenvalue weighted by Crippen LogP contribution is 2.37. The number of nitrogens with one attached hydrogen (secondary N) is 1. The predicted octanol–water partition coefficient (Wildman–Crippen LogP) is 3.19. The molecule has 0 atom stereocenters. The second-order valence-electron chi connectivity index (χ2n) is 6.84. The fourth-order valence-corrected chi connectivity index (χ4v) is 4.48. The fraction of sp³-hybridized carbons (Fsp3) is 0.350. The first kappa shape index (κ1) is 17.9. The van der Waals surface area contributed by atoms with E-state index in [-0.39, 0.29) is 16.7 Å². The number of ether oxygens (including phenoxy) is 1. The third-order valence-corrected chi connectivity index (χ3v) is 6.24. The number of fused-ring (bicyclic) bond motifs is 1. The lowest BCUT2D eigenvalue weighted by molar-refractivity contribution is -0.119. The maximum absolute atomic E-state index is 12.8. The molecule has 2 aromatic carbocycles. The van der Waals surface area contributed by atoms with E-state index in [1.165, 1.54) is 0 Å². The van der Waals surface area contributed by atoms with Crippen molar-refractivity contribution in [2.45, 2.75) is 31.1 Å². The number of hydrogen-bond donors (Lipinski definition) is 1. The summed E-state index contributed by atoms with van der Waals surface area (Å²) in [6, 6.07) is 11.9. The van der Waals surface area contributed by atoms with Crippen molar-refractivity contribution in [1.82, 2.24) is 0 Å². The van der Waals surface area contributed by atoms with E-state index in [2.05, 4.69) is 4.72 Å². The van der Waals surface area contributed by atoms with Crippen LogP contribution in [0.2, 0.25) is 0 Å². The molecule has 1 heterocycles. The number of benzene rings is 2. The van der Waals surface area contributed by atoms with Crippen LogP contribution in [0.25, 0.3) is 0 Å². The number of hydrogen-bond acceptors (Lipinski definition) is 4. The van der Waals surface area contributed by atoms with Gasteiger partial charge in [0.15, 0.2) is 0 Å². The zero-order chi connectivity index (χ0) is 19.0. The van der Waals surface area contributed by atoms with Crippen LogP contribution in [0.5, 0.6) is 5.75 Å². The number of rotatable bonds is 6. The van der Waals surface area contributed by atoms with Gasteiger partial charge in [-0.1, -0.05) is 12.1 Å². The van der Waals surface area contributed by atoms with Crippen LogP contribution in [0.1, 0.15) is 25.3 Å². The first-order chi connectivity index (χ1) is 13.0. The van der Waals surface area contributed by atoms with Crippen LogP contribution in [0.4, 0.5) is 11.4 Å². The number of sulfonamides is 1. The molecule has 6 nitrogen and oxygen atoms in total. The molecule has 0 unspecified atom stereocenters. The summed E-state index contributed by atoms with van der Waals surface area (Å²) in [6.45, 7) is 2.91. The standard InChI is InChI=1S/C20H22N2O4S/c1-2-26-19-6-4-3-5-17(19)21-27(24,25)16-9-10-18-15(13-16)11-12-22(18)20(23)14-7-8-14/h3-6,9-10,13-14,21H,2,7-8,11-12H2,1H3. The Bertz CT molecular complexity index is 983. The number of carbonyl (C=O) groups is 1. The molecule has 0 bridgehead atoms. The van der Waals surface area contributed by atoms with E-state index in [4.69, 9.17) is 4.74 Å². The molecule has 1 aliphatic carbocycles. The lowest BCUT2D eigenvalue weighted by Gasteiger charge is -2.17. The summed E-state index contributed by atoms with van der Waals surface area (Å²) in [5.41, 5.74) is 2.14. The van der Waals surface area contributed by atoms with Crippen molar-refractivity contribution in [3.8, 4) is 5.75 Å². The summed E-state index contributed by atoms with van der Waals surface area (Å²) < 4.78 is 33.8. The lowest BCUT2D eigenvalue weighted by atomic mass is 10.2. The van der Waals surface area contributed by atoms with Gasteiger partial charge in [-0.3, -0.25) is 9.52 Å². The monoisotopic (exact) mass is 386 g/mol. The van der Waals surface area contributed by atoms with E-state index >= 15 is 0 Å².